The summed E-state index contributed by atoms with van der Waals surface area (Å²) in [6.45, 7) is 0.620. The van der Waals surface area contributed by atoms with E-state index >= 15 is 0 Å². The molecule has 2 heteroatoms. The monoisotopic (exact) mass is 176 g/mol. The average molecular weight is 176 g/mol. The maximum absolute atomic E-state index is 8.98. The summed E-state index contributed by atoms with van der Waals surface area (Å²) in [5.41, 5.74) is 0. The van der Waals surface area contributed by atoms with Crippen molar-refractivity contribution in [1.82, 2.24) is 0 Å². The van der Waals surface area contributed by atoms with Gasteiger partial charge in [-0.3, -0.25) is 0 Å². The van der Waals surface area contributed by atoms with E-state index in [1.54, 1.807) is 24.3 Å². The third-order valence-electron chi connectivity index (χ3n) is 1.57. The van der Waals surface area contributed by atoms with Gasteiger partial charge >= 0.3 is 0 Å². The molecule has 0 heterocycles. The van der Waals surface area contributed by atoms with E-state index in [0.717, 1.165) is 18.6 Å². The van der Waals surface area contributed by atoms with Gasteiger partial charge < -0.3 is 9.84 Å². The Morgan fingerprint density at radius 3 is 2.62 bits per heavy atom. The number of hydrogen-bond acceptors (Lipinski definition) is 2. The minimum Gasteiger partial charge on any atom is -0.508 e. The number of terminal acetylenes is 1. The summed E-state index contributed by atoms with van der Waals surface area (Å²) in [7, 11) is 0. The van der Waals surface area contributed by atoms with Crippen LogP contribution in [0.15, 0.2) is 24.3 Å². The molecule has 0 aliphatic heterocycles. The highest BCUT2D eigenvalue weighted by Crippen LogP contribution is 2.15. The van der Waals surface area contributed by atoms with Gasteiger partial charge in [0.15, 0.2) is 0 Å². The largest absolute Gasteiger partial charge is 0.508 e. The second-order valence-corrected chi connectivity index (χ2v) is 2.65. The summed E-state index contributed by atoms with van der Waals surface area (Å²) in [6.07, 6.45) is 6.68. The van der Waals surface area contributed by atoms with Crippen molar-refractivity contribution in [3.8, 4) is 23.8 Å². The lowest BCUT2D eigenvalue weighted by molar-refractivity contribution is 0.312. The molecule has 13 heavy (non-hydrogen) atoms. The Labute approximate surface area is 78.2 Å². The summed E-state index contributed by atoms with van der Waals surface area (Å²) in [5.74, 6) is 3.55. The van der Waals surface area contributed by atoms with E-state index in [4.69, 9.17) is 16.3 Å². The minimum absolute atomic E-state index is 0.246. The smallest absolute Gasteiger partial charge is 0.119 e. The highest BCUT2D eigenvalue weighted by Gasteiger charge is 1.92. The number of unbranched alkanes of at least 4 members (excludes halogenated alkanes) is 1. The Balaban J connectivity index is 2.30. The average Bonchev–Trinajstić information content (AvgIpc) is 2.15. The van der Waals surface area contributed by atoms with Crippen LogP contribution < -0.4 is 4.74 Å². The van der Waals surface area contributed by atoms with Gasteiger partial charge in [0.05, 0.1) is 6.61 Å². The van der Waals surface area contributed by atoms with Crippen molar-refractivity contribution in [3.63, 3.8) is 0 Å². The van der Waals surface area contributed by atoms with E-state index in [9.17, 15) is 0 Å². The van der Waals surface area contributed by atoms with E-state index in [-0.39, 0.29) is 5.75 Å². The first-order chi connectivity index (χ1) is 6.33. The third kappa shape index (κ3) is 3.53. The van der Waals surface area contributed by atoms with Crippen LogP contribution in [0.1, 0.15) is 12.8 Å². The number of benzene rings is 1. The molecular formula is C11H12O2. The first kappa shape index (κ1) is 9.47. The van der Waals surface area contributed by atoms with Crippen molar-refractivity contribution < 1.29 is 9.84 Å². The van der Waals surface area contributed by atoms with Gasteiger partial charge in [-0.2, -0.15) is 0 Å². The van der Waals surface area contributed by atoms with Gasteiger partial charge in [0, 0.05) is 6.42 Å². The Hall–Kier alpha value is -1.62. The molecule has 0 aliphatic rings. The van der Waals surface area contributed by atoms with Gasteiger partial charge in [0.25, 0.3) is 0 Å². The van der Waals surface area contributed by atoms with Crippen molar-refractivity contribution in [2.24, 2.45) is 0 Å². The van der Waals surface area contributed by atoms with Crippen molar-refractivity contribution in [1.29, 1.82) is 0 Å². The maximum Gasteiger partial charge on any atom is 0.119 e. The van der Waals surface area contributed by atoms with E-state index < -0.39 is 0 Å². The molecule has 2 nitrogen and oxygen atoms in total. The van der Waals surface area contributed by atoms with Gasteiger partial charge in [-0.25, -0.2) is 0 Å². The number of phenols is 1. The Kier molecular flexibility index (Phi) is 3.72. The standard InChI is InChI=1S/C11H12O2/c1-2-3-4-9-13-11-7-5-10(12)6-8-11/h1,5-8,12H,3-4,9H2. The Bertz CT molecular complexity index is 282. The molecule has 0 amide bonds. The van der Waals surface area contributed by atoms with Crippen LogP contribution in [0.25, 0.3) is 0 Å². The van der Waals surface area contributed by atoms with Gasteiger partial charge in [-0.05, 0) is 30.7 Å². The molecule has 0 aromatic heterocycles. The highest BCUT2D eigenvalue weighted by atomic mass is 16.5. The number of phenolic OH excluding ortho intramolecular Hbond substituents is 1. The lowest BCUT2D eigenvalue weighted by atomic mass is 10.3. The Morgan fingerprint density at radius 2 is 2.00 bits per heavy atom. The molecule has 1 aromatic carbocycles. The first-order valence-electron chi connectivity index (χ1n) is 4.18. The van der Waals surface area contributed by atoms with Gasteiger partial charge in [0.2, 0.25) is 0 Å². The molecule has 1 aromatic rings. The molecular weight excluding hydrogens is 164 g/mol. The summed E-state index contributed by atoms with van der Waals surface area (Å²) in [4.78, 5) is 0. The lowest BCUT2D eigenvalue weighted by Gasteiger charge is -2.03. The predicted octanol–water partition coefficient (Wildman–Crippen LogP) is 2.18. The van der Waals surface area contributed by atoms with Crippen LogP contribution >= 0.6 is 0 Å². The van der Waals surface area contributed by atoms with Crippen LogP contribution in [-0.4, -0.2) is 11.7 Å². The summed E-state index contributed by atoms with van der Waals surface area (Å²) in [6, 6.07) is 6.64. The molecule has 0 spiro atoms. The summed E-state index contributed by atoms with van der Waals surface area (Å²) < 4.78 is 5.36. The molecule has 0 saturated heterocycles. The van der Waals surface area contributed by atoms with Crippen molar-refractivity contribution in [2.45, 2.75) is 12.8 Å². The number of rotatable bonds is 4. The lowest BCUT2D eigenvalue weighted by Crippen LogP contribution is -1.95. The fourth-order valence-electron chi connectivity index (χ4n) is 0.907. The molecule has 0 unspecified atom stereocenters. The van der Waals surface area contributed by atoms with E-state index in [1.165, 1.54) is 0 Å². The molecule has 0 saturated carbocycles. The number of ether oxygens (including phenoxy) is 1. The maximum atomic E-state index is 8.98. The molecule has 1 rings (SSSR count). The third-order valence-corrected chi connectivity index (χ3v) is 1.57. The fraction of sp³-hybridized carbons (Fsp3) is 0.273. The zero-order chi connectivity index (χ0) is 9.52. The summed E-state index contributed by atoms with van der Waals surface area (Å²) in [5, 5.41) is 8.98. The Morgan fingerprint density at radius 1 is 1.31 bits per heavy atom. The number of aromatic hydroxyl groups is 1. The molecule has 0 aliphatic carbocycles. The molecule has 0 atom stereocenters. The second kappa shape index (κ2) is 5.10. The molecule has 0 radical (unpaired) electrons. The van der Waals surface area contributed by atoms with Crippen LogP contribution in [0, 0.1) is 12.3 Å². The van der Waals surface area contributed by atoms with Crippen LogP contribution in [-0.2, 0) is 0 Å². The van der Waals surface area contributed by atoms with E-state index in [2.05, 4.69) is 5.92 Å². The van der Waals surface area contributed by atoms with Crippen LogP contribution in [0.3, 0.4) is 0 Å². The van der Waals surface area contributed by atoms with Gasteiger partial charge in [-0.15, -0.1) is 12.3 Å². The SMILES string of the molecule is C#CCCCOc1ccc(O)cc1. The molecule has 68 valence electrons. The molecule has 1 N–H and O–H groups in total. The predicted molar refractivity (Wildman–Crippen MR) is 51.7 cm³/mol. The molecule has 0 bridgehead atoms. The molecule has 0 fully saturated rings. The minimum atomic E-state index is 0.246. The van der Waals surface area contributed by atoms with Crippen LogP contribution in [0.2, 0.25) is 0 Å². The zero-order valence-corrected chi connectivity index (χ0v) is 7.36. The van der Waals surface area contributed by atoms with Crippen molar-refractivity contribution in [2.75, 3.05) is 6.61 Å². The topological polar surface area (TPSA) is 29.5 Å². The number of hydrogen-bond donors (Lipinski definition) is 1. The summed E-state index contributed by atoms with van der Waals surface area (Å²) >= 11 is 0. The van der Waals surface area contributed by atoms with E-state index in [0.29, 0.717) is 6.61 Å². The fourth-order valence-corrected chi connectivity index (χ4v) is 0.907. The van der Waals surface area contributed by atoms with Crippen LogP contribution in [0.5, 0.6) is 11.5 Å². The first-order valence-corrected chi connectivity index (χ1v) is 4.18. The van der Waals surface area contributed by atoms with Crippen molar-refractivity contribution >= 4 is 0 Å². The van der Waals surface area contributed by atoms with Crippen LogP contribution in [0.4, 0.5) is 0 Å². The van der Waals surface area contributed by atoms with Gasteiger partial charge in [0.1, 0.15) is 11.5 Å². The van der Waals surface area contributed by atoms with Gasteiger partial charge in [-0.1, -0.05) is 0 Å². The van der Waals surface area contributed by atoms with E-state index in [1.807, 2.05) is 0 Å². The highest BCUT2D eigenvalue weighted by molar-refractivity contribution is 5.29. The normalized spacial score (nSPS) is 9.15. The second-order valence-electron chi connectivity index (χ2n) is 2.65. The zero-order valence-electron chi connectivity index (χ0n) is 7.36. The van der Waals surface area contributed by atoms with Crippen molar-refractivity contribution in [3.05, 3.63) is 24.3 Å². The quantitative estimate of drug-likeness (QED) is 0.563.